The summed E-state index contributed by atoms with van der Waals surface area (Å²) in [5.74, 6) is 0.0477. The highest BCUT2D eigenvalue weighted by Gasteiger charge is 2.20. The summed E-state index contributed by atoms with van der Waals surface area (Å²) in [5.41, 5.74) is 0.989. The first-order chi connectivity index (χ1) is 8.11. The van der Waals surface area contributed by atoms with Gasteiger partial charge in [-0.15, -0.1) is 11.3 Å². The van der Waals surface area contributed by atoms with Crippen molar-refractivity contribution in [3.05, 3.63) is 29.8 Å². The summed E-state index contributed by atoms with van der Waals surface area (Å²) in [6.07, 6.45) is 1.73. The fraction of sp³-hybridized carbons (Fsp3) is 0.333. The molecule has 0 aliphatic carbocycles. The van der Waals surface area contributed by atoms with Crippen LogP contribution >= 0.6 is 11.3 Å². The molecule has 2 aromatic heterocycles. The van der Waals surface area contributed by atoms with E-state index in [0.29, 0.717) is 0 Å². The molecule has 2 rings (SSSR count). The third-order valence-electron chi connectivity index (χ3n) is 2.61. The van der Waals surface area contributed by atoms with E-state index >= 15 is 0 Å². The fourth-order valence-electron chi connectivity index (χ4n) is 1.72. The van der Waals surface area contributed by atoms with Crippen molar-refractivity contribution in [2.24, 2.45) is 0 Å². The van der Waals surface area contributed by atoms with Gasteiger partial charge in [0, 0.05) is 20.3 Å². The first-order valence-electron chi connectivity index (χ1n) is 5.40. The van der Waals surface area contributed by atoms with Crippen LogP contribution in [0.5, 0.6) is 0 Å². The Bertz CT molecular complexity index is 502. The predicted molar refractivity (Wildman–Crippen MR) is 68.9 cm³/mol. The van der Waals surface area contributed by atoms with Gasteiger partial charge in [0.2, 0.25) is 5.91 Å². The Hall–Kier alpha value is -1.62. The van der Waals surface area contributed by atoms with Crippen LogP contribution in [0.1, 0.15) is 13.0 Å². The van der Waals surface area contributed by atoms with Gasteiger partial charge in [-0.2, -0.15) is 5.10 Å². The Morgan fingerprint density at radius 1 is 1.47 bits per heavy atom. The number of amides is 1. The van der Waals surface area contributed by atoms with Crippen LogP contribution in [0.2, 0.25) is 0 Å². The minimum atomic E-state index is -0.280. The average molecular weight is 249 g/mol. The van der Waals surface area contributed by atoms with Crippen molar-refractivity contribution in [3.63, 3.8) is 0 Å². The molecule has 0 bridgehead atoms. The van der Waals surface area contributed by atoms with Gasteiger partial charge in [-0.3, -0.25) is 9.48 Å². The van der Waals surface area contributed by atoms with Crippen molar-refractivity contribution in [1.29, 1.82) is 0 Å². The van der Waals surface area contributed by atoms with Crippen molar-refractivity contribution in [2.45, 2.75) is 13.0 Å². The molecule has 0 spiro atoms. The smallest absolute Gasteiger partial charge is 0.246 e. The van der Waals surface area contributed by atoms with Crippen molar-refractivity contribution >= 4 is 17.2 Å². The molecule has 0 aromatic carbocycles. The molecule has 90 valence electrons. The standard InChI is InChI=1S/C12H15N3OS/c1-9(12(16)14(2)3)15-10(6-7-13-15)11-5-4-8-17-11/h4-9H,1-3H3. The minimum Gasteiger partial charge on any atom is -0.347 e. The van der Waals surface area contributed by atoms with Crippen LogP contribution in [-0.4, -0.2) is 34.7 Å². The lowest BCUT2D eigenvalue weighted by atomic mass is 10.2. The molecule has 2 aromatic rings. The van der Waals surface area contributed by atoms with Crippen molar-refractivity contribution in [2.75, 3.05) is 14.1 Å². The molecule has 0 saturated heterocycles. The second-order valence-corrected chi connectivity index (χ2v) is 4.99. The highest BCUT2D eigenvalue weighted by Crippen LogP contribution is 2.26. The van der Waals surface area contributed by atoms with Gasteiger partial charge < -0.3 is 4.90 Å². The first kappa shape index (κ1) is 11.9. The molecule has 0 radical (unpaired) electrons. The molecule has 1 amide bonds. The molecule has 1 unspecified atom stereocenters. The lowest BCUT2D eigenvalue weighted by Gasteiger charge is -2.18. The Morgan fingerprint density at radius 2 is 2.24 bits per heavy atom. The molecular formula is C12H15N3OS. The van der Waals surface area contributed by atoms with E-state index in [0.717, 1.165) is 10.6 Å². The molecule has 0 aliphatic heterocycles. The second kappa shape index (κ2) is 4.71. The third kappa shape index (κ3) is 2.24. The summed E-state index contributed by atoms with van der Waals surface area (Å²) >= 11 is 1.65. The molecular weight excluding hydrogens is 234 g/mol. The molecule has 0 aliphatic rings. The van der Waals surface area contributed by atoms with E-state index in [2.05, 4.69) is 5.10 Å². The number of rotatable bonds is 3. The van der Waals surface area contributed by atoms with E-state index in [-0.39, 0.29) is 11.9 Å². The Labute approximate surface area is 104 Å². The molecule has 5 heteroatoms. The van der Waals surface area contributed by atoms with Crippen molar-refractivity contribution < 1.29 is 4.79 Å². The molecule has 4 nitrogen and oxygen atoms in total. The summed E-state index contributed by atoms with van der Waals surface area (Å²) in [6.45, 7) is 1.87. The van der Waals surface area contributed by atoms with E-state index in [1.54, 1.807) is 41.2 Å². The van der Waals surface area contributed by atoms with Gasteiger partial charge in [0.05, 0.1) is 10.6 Å². The van der Waals surface area contributed by atoms with E-state index in [1.165, 1.54) is 0 Å². The number of hydrogen-bond acceptors (Lipinski definition) is 3. The maximum atomic E-state index is 11.9. The van der Waals surface area contributed by atoms with E-state index in [4.69, 9.17) is 0 Å². The highest BCUT2D eigenvalue weighted by molar-refractivity contribution is 7.13. The van der Waals surface area contributed by atoms with Gasteiger partial charge >= 0.3 is 0 Å². The predicted octanol–water partition coefficient (Wildman–Crippen LogP) is 2.26. The molecule has 0 N–H and O–H groups in total. The van der Waals surface area contributed by atoms with Gasteiger partial charge in [0.15, 0.2) is 0 Å². The van der Waals surface area contributed by atoms with Crippen LogP contribution in [0.3, 0.4) is 0 Å². The van der Waals surface area contributed by atoms with Crippen LogP contribution in [0.15, 0.2) is 29.8 Å². The first-order valence-corrected chi connectivity index (χ1v) is 6.28. The number of likely N-dealkylation sites (N-methyl/N-ethyl adjacent to an activating group) is 1. The number of thiophene rings is 1. The quantitative estimate of drug-likeness (QED) is 0.837. The van der Waals surface area contributed by atoms with E-state index in [9.17, 15) is 4.79 Å². The van der Waals surface area contributed by atoms with Gasteiger partial charge in [-0.25, -0.2) is 0 Å². The normalized spacial score (nSPS) is 12.4. The summed E-state index contributed by atoms with van der Waals surface area (Å²) in [6, 6.07) is 5.68. The highest BCUT2D eigenvalue weighted by atomic mass is 32.1. The fourth-order valence-corrected chi connectivity index (χ4v) is 2.46. The van der Waals surface area contributed by atoms with Gasteiger partial charge in [0.1, 0.15) is 6.04 Å². The minimum absolute atomic E-state index is 0.0477. The molecule has 17 heavy (non-hydrogen) atoms. The number of carbonyl (C=O) groups excluding carboxylic acids is 1. The maximum Gasteiger partial charge on any atom is 0.246 e. The zero-order valence-electron chi connectivity index (χ0n) is 10.1. The summed E-state index contributed by atoms with van der Waals surface area (Å²) in [5, 5.41) is 6.27. The molecule has 1 atom stereocenters. The lowest BCUT2D eigenvalue weighted by Crippen LogP contribution is -2.30. The number of carbonyl (C=O) groups is 1. The Balaban J connectivity index is 2.34. The van der Waals surface area contributed by atoms with Crippen LogP contribution < -0.4 is 0 Å². The van der Waals surface area contributed by atoms with Crippen LogP contribution in [0, 0.1) is 0 Å². The van der Waals surface area contributed by atoms with Crippen LogP contribution in [-0.2, 0) is 4.79 Å². The Kier molecular flexibility index (Phi) is 3.28. The number of hydrogen-bond donors (Lipinski definition) is 0. The average Bonchev–Trinajstić information content (AvgIpc) is 2.96. The maximum absolute atomic E-state index is 11.9. The largest absolute Gasteiger partial charge is 0.347 e. The van der Waals surface area contributed by atoms with E-state index < -0.39 is 0 Å². The zero-order valence-corrected chi connectivity index (χ0v) is 10.9. The van der Waals surface area contributed by atoms with E-state index in [1.807, 2.05) is 30.5 Å². The topological polar surface area (TPSA) is 38.1 Å². The van der Waals surface area contributed by atoms with Crippen molar-refractivity contribution in [3.8, 4) is 10.6 Å². The van der Waals surface area contributed by atoms with Gasteiger partial charge in [0.25, 0.3) is 0 Å². The summed E-state index contributed by atoms with van der Waals surface area (Å²) in [4.78, 5) is 14.6. The molecule has 2 heterocycles. The zero-order chi connectivity index (χ0) is 12.4. The monoisotopic (exact) mass is 249 g/mol. The third-order valence-corrected chi connectivity index (χ3v) is 3.50. The van der Waals surface area contributed by atoms with Crippen LogP contribution in [0.25, 0.3) is 10.6 Å². The lowest BCUT2D eigenvalue weighted by molar-refractivity contribution is -0.131. The van der Waals surface area contributed by atoms with Gasteiger partial charge in [-0.05, 0) is 24.4 Å². The molecule has 0 fully saturated rings. The molecule has 0 saturated carbocycles. The Morgan fingerprint density at radius 3 is 2.82 bits per heavy atom. The second-order valence-electron chi connectivity index (χ2n) is 4.05. The SMILES string of the molecule is CC(C(=O)N(C)C)n1nccc1-c1cccs1. The van der Waals surface area contributed by atoms with Crippen LogP contribution in [0.4, 0.5) is 0 Å². The number of nitrogens with zero attached hydrogens (tertiary/aromatic N) is 3. The number of aromatic nitrogens is 2. The summed E-state index contributed by atoms with van der Waals surface area (Å²) in [7, 11) is 3.51. The summed E-state index contributed by atoms with van der Waals surface area (Å²) < 4.78 is 1.77. The van der Waals surface area contributed by atoms with Gasteiger partial charge in [-0.1, -0.05) is 6.07 Å². The van der Waals surface area contributed by atoms with Crippen molar-refractivity contribution in [1.82, 2.24) is 14.7 Å².